The Morgan fingerprint density at radius 2 is 2.00 bits per heavy atom. The van der Waals surface area contributed by atoms with Gasteiger partial charge in [-0.25, -0.2) is 0 Å². The molecule has 0 amide bonds. The largest absolute Gasteiger partial charge is 0.390 e. The Bertz CT molecular complexity index is 807. The number of oxime groups is 1. The highest BCUT2D eigenvalue weighted by Crippen LogP contribution is 2.20. The number of aliphatic hydroxyl groups is 1. The van der Waals surface area contributed by atoms with Crippen LogP contribution in [0.1, 0.15) is 23.1 Å². The van der Waals surface area contributed by atoms with Crippen LogP contribution < -0.4 is 0 Å². The minimum Gasteiger partial charge on any atom is -0.390 e. The van der Waals surface area contributed by atoms with E-state index in [0.29, 0.717) is 19.7 Å². The van der Waals surface area contributed by atoms with Crippen molar-refractivity contribution >= 4 is 5.71 Å². The molecule has 1 aliphatic rings. The van der Waals surface area contributed by atoms with Gasteiger partial charge in [0.1, 0.15) is 6.10 Å². The molecule has 5 heteroatoms. The van der Waals surface area contributed by atoms with Crippen LogP contribution in [0.4, 0.5) is 0 Å². The average Bonchev–Trinajstić information content (AvgIpc) is 3.17. The fourth-order valence-electron chi connectivity index (χ4n) is 3.55. The van der Waals surface area contributed by atoms with Crippen molar-refractivity contribution in [3.05, 3.63) is 83.9 Å². The number of nitrogens with zero attached hydrogens (tertiary/aromatic N) is 2. The molecule has 2 aromatic rings. The maximum atomic E-state index is 10.4. The molecule has 0 bridgehead atoms. The Hall–Kier alpha value is -2.47. The summed E-state index contributed by atoms with van der Waals surface area (Å²) in [5.74, 6) is 0. The van der Waals surface area contributed by atoms with Crippen LogP contribution in [0, 0.1) is 6.92 Å². The van der Waals surface area contributed by atoms with Gasteiger partial charge < -0.3 is 14.7 Å². The molecular weight excluding hydrogens is 364 g/mol. The summed E-state index contributed by atoms with van der Waals surface area (Å²) in [5, 5.41) is 14.7. The van der Waals surface area contributed by atoms with Gasteiger partial charge >= 0.3 is 0 Å². The van der Waals surface area contributed by atoms with Gasteiger partial charge in [-0.15, -0.1) is 6.58 Å². The number of hydrogen-bond acceptors (Lipinski definition) is 5. The van der Waals surface area contributed by atoms with Crippen molar-refractivity contribution in [3.8, 4) is 0 Å². The Morgan fingerprint density at radius 1 is 1.24 bits per heavy atom. The molecule has 0 saturated heterocycles. The SMILES string of the molecule is C=CCOCC(O)CN(Cc1ccccc1)CC1CC(c2ccccc2C)=NO1. The van der Waals surface area contributed by atoms with Crippen molar-refractivity contribution in [2.45, 2.75) is 32.1 Å². The van der Waals surface area contributed by atoms with Crippen molar-refractivity contribution in [1.82, 2.24) is 4.90 Å². The number of aliphatic hydroxyl groups excluding tert-OH is 1. The van der Waals surface area contributed by atoms with E-state index in [0.717, 1.165) is 24.2 Å². The molecule has 2 atom stereocenters. The van der Waals surface area contributed by atoms with Crippen molar-refractivity contribution in [3.63, 3.8) is 0 Å². The molecule has 0 radical (unpaired) electrons. The van der Waals surface area contributed by atoms with Crippen LogP contribution in [0.25, 0.3) is 0 Å². The molecule has 154 valence electrons. The van der Waals surface area contributed by atoms with Crippen molar-refractivity contribution in [2.75, 3.05) is 26.3 Å². The smallest absolute Gasteiger partial charge is 0.145 e. The molecule has 2 unspecified atom stereocenters. The quantitative estimate of drug-likeness (QED) is 0.468. The third kappa shape index (κ3) is 6.53. The van der Waals surface area contributed by atoms with Gasteiger partial charge in [-0.3, -0.25) is 4.90 Å². The van der Waals surface area contributed by atoms with E-state index in [9.17, 15) is 5.11 Å². The number of ether oxygens (including phenoxy) is 1. The lowest BCUT2D eigenvalue weighted by Crippen LogP contribution is -2.39. The number of rotatable bonds is 11. The Morgan fingerprint density at radius 3 is 2.76 bits per heavy atom. The predicted octanol–water partition coefficient (Wildman–Crippen LogP) is 3.55. The van der Waals surface area contributed by atoms with Crippen LogP contribution in [0.2, 0.25) is 0 Å². The highest BCUT2D eigenvalue weighted by atomic mass is 16.6. The van der Waals surface area contributed by atoms with Gasteiger partial charge in [0.15, 0.2) is 0 Å². The summed E-state index contributed by atoms with van der Waals surface area (Å²) in [6.45, 7) is 8.38. The first-order valence-electron chi connectivity index (χ1n) is 10.1. The summed E-state index contributed by atoms with van der Waals surface area (Å²) < 4.78 is 5.41. The summed E-state index contributed by atoms with van der Waals surface area (Å²) in [4.78, 5) is 7.95. The molecule has 0 saturated carbocycles. The first-order valence-corrected chi connectivity index (χ1v) is 10.1. The zero-order valence-corrected chi connectivity index (χ0v) is 17.0. The molecule has 3 rings (SSSR count). The molecule has 5 nitrogen and oxygen atoms in total. The summed E-state index contributed by atoms with van der Waals surface area (Å²) in [5.41, 5.74) is 4.53. The lowest BCUT2D eigenvalue weighted by atomic mass is 10.00. The molecule has 1 N–H and O–H groups in total. The summed E-state index contributed by atoms with van der Waals surface area (Å²) in [7, 11) is 0. The molecule has 0 spiro atoms. The Kier molecular flexibility index (Phi) is 7.99. The van der Waals surface area contributed by atoms with E-state index in [1.54, 1.807) is 6.08 Å². The summed E-state index contributed by atoms with van der Waals surface area (Å²) >= 11 is 0. The zero-order chi connectivity index (χ0) is 20.5. The molecule has 0 aromatic heterocycles. The summed E-state index contributed by atoms with van der Waals surface area (Å²) in [6.07, 6.45) is 1.84. The molecule has 29 heavy (non-hydrogen) atoms. The monoisotopic (exact) mass is 394 g/mol. The van der Waals surface area contributed by atoms with E-state index in [1.165, 1.54) is 11.1 Å². The van der Waals surface area contributed by atoms with Crippen LogP contribution in [-0.2, 0) is 16.1 Å². The normalized spacial score (nSPS) is 17.1. The third-order valence-corrected chi connectivity index (χ3v) is 4.91. The summed E-state index contributed by atoms with van der Waals surface area (Å²) in [6, 6.07) is 18.5. The van der Waals surface area contributed by atoms with Gasteiger partial charge in [0.25, 0.3) is 0 Å². The molecule has 0 fully saturated rings. The van der Waals surface area contributed by atoms with Gasteiger partial charge in [0.05, 0.1) is 25.0 Å². The highest BCUT2D eigenvalue weighted by molar-refractivity contribution is 6.02. The van der Waals surface area contributed by atoms with Crippen LogP contribution in [-0.4, -0.2) is 54.2 Å². The lowest BCUT2D eigenvalue weighted by Gasteiger charge is -2.27. The third-order valence-electron chi connectivity index (χ3n) is 4.91. The number of benzene rings is 2. The minimum atomic E-state index is -0.572. The first kappa shape index (κ1) is 21.2. The second-order valence-electron chi connectivity index (χ2n) is 7.44. The molecule has 2 aromatic carbocycles. The maximum Gasteiger partial charge on any atom is 0.145 e. The molecular formula is C24H30N2O3. The van der Waals surface area contributed by atoms with E-state index >= 15 is 0 Å². The topological polar surface area (TPSA) is 54.3 Å². The van der Waals surface area contributed by atoms with Crippen LogP contribution in [0.3, 0.4) is 0 Å². The molecule has 1 aliphatic heterocycles. The van der Waals surface area contributed by atoms with Crippen LogP contribution >= 0.6 is 0 Å². The van der Waals surface area contributed by atoms with Gasteiger partial charge in [-0.1, -0.05) is 65.8 Å². The number of aryl methyl sites for hydroxylation is 1. The first-order chi connectivity index (χ1) is 14.2. The van der Waals surface area contributed by atoms with Gasteiger partial charge in [-0.05, 0) is 18.1 Å². The lowest BCUT2D eigenvalue weighted by molar-refractivity contribution is 0.00336. The molecule has 1 heterocycles. The van der Waals surface area contributed by atoms with E-state index in [4.69, 9.17) is 9.57 Å². The Balaban J connectivity index is 1.60. The van der Waals surface area contributed by atoms with Gasteiger partial charge in [0, 0.05) is 31.6 Å². The minimum absolute atomic E-state index is 0.0328. The zero-order valence-electron chi connectivity index (χ0n) is 17.0. The van der Waals surface area contributed by atoms with E-state index in [-0.39, 0.29) is 12.7 Å². The van der Waals surface area contributed by atoms with Crippen LogP contribution in [0.15, 0.2) is 72.4 Å². The van der Waals surface area contributed by atoms with Crippen LogP contribution in [0.5, 0.6) is 0 Å². The van der Waals surface area contributed by atoms with Gasteiger partial charge in [0.2, 0.25) is 0 Å². The average molecular weight is 395 g/mol. The fourth-order valence-corrected chi connectivity index (χ4v) is 3.55. The highest BCUT2D eigenvalue weighted by Gasteiger charge is 2.26. The predicted molar refractivity (Wildman–Crippen MR) is 116 cm³/mol. The van der Waals surface area contributed by atoms with E-state index < -0.39 is 6.10 Å². The fraction of sp³-hybridized carbons (Fsp3) is 0.375. The van der Waals surface area contributed by atoms with Crippen molar-refractivity contribution < 1.29 is 14.7 Å². The standard InChI is InChI=1S/C24H30N2O3/c1-3-13-28-18-21(27)16-26(15-20-10-5-4-6-11-20)17-22-14-24(25-29-22)23-12-8-7-9-19(23)2/h3-12,21-22,27H,1,13-18H2,2H3. The maximum absolute atomic E-state index is 10.4. The Labute approximate surface area is 173 Å². The van der Waals surface area contributed by atoms with E-state index in [2.05, 4.69) is 47.8 Å². The van der Waals surface area contributed by atoms with E-state index in [1.807, 2.05) is 30.3 Å². The van der Waals surface area contributed by atoms with Crippen molar-refractivity contribution in [1.29, 1.82) is 0 Å². The number of hydrogen-bond donors (Lipinski definition) is 1. The van der Waals surface area contributed by atoms with Crippen molar-refractivity contribution in [2.24, 2.45) is 5.16 Å². The molecule has 0 aliphatic carbocycles. The second-order valence-corrected chi connectivity index (χ2v) is 7.44. The van der Waals surface area contributed by atoms with Gasteiger partial charge in [-0.2, -0.15) is 0 Å². The second kappa shape index (κ2) is 10.9.